The summed E-state index contributed by atoms with van der Waals surface area (Å²) in [6.45, 7) is 3.99. The number of nitrogens with zero attached hydrogens (tertiary/aromatic N) is 3. The van der Waals surface area contributed by atoms with Gasteiger partial charge in [-0.05, 0) is 28.9 Å². The number of halogens is 1. The van der Waals surface area contributed by atoms with Crippen molar-refractivity contribution in [3.05, 3.63) is 22.9 Å². The van der Waals surface area contributed by atoms with Gasteiger partial charge in [0.25, 0.3) is 0 Å². The van der Waals surface area contributed by atoms with Crippen LogP contribution in [0, 0.1) is 0 Å². The van der Waals surface area contributed by atoms with Crippen molar-refractivity contribution in [2.45, 2.75) is 17.9 Å². The van der Waals surface area contributed by atoms with E-state index in [2.05, 4.69) is 25.8 Å². The summed E-state index contributed by atoms with van der Waals surface area (Å²) < 4.78 is 27.2. The molecule has 0 saturated carbocycles. The quantitative estimate of drug-likeness (QED) is 0.764. The van der Waals surface area contributed by atoms with Gasteiger partial charge in [0.15, 0.2) is 0 Å². The second-order valence-corrected chi connectivity index (χ2v) is 8.18. The molecule has 1 fully saturated rings. The minimum atomic E-state index is -3.50. The maximum Gasteiger partial charge on any atom is 0.244 e. The van der Waals surface area contributed by atoms with Crippen LogP contribution in [0.25, 0.3) is 0 Å². The zero-order valence-electron chi connectivity index (χ0n) is 11.6. The van der Waals surface area contributed by atoms with Crippen molar-refractivity contribution in [1.82, 2.24) is 14.2 Å². The SMILES string of the molecule is CC(C(N)=S)N1CCN(S(=O)(=O)c2cncc(Br)c2)CC1. The highest BCUT2D eigenvalue weighted by atomic mass is 79.9. The van der Waals surface area contributed by atoms with E-state index in [1.54, 1.807) is 12.3 Å². The average Bonchev–Trinajstić information content (AvgIpc) is 2.46. The third kappa shape index (κ3) is 3.78. The molecular formula is C12H17BrN4O2S2. The van der Waals surface area contributed by atoms with Crippen molar-refractivity contribution in [2.75, 3.05) is 26.2 Å². The maximum atomic E-state index is 12.5. The number of nitrogens with two attached hydrogens (primary N) is 1. The number of rotatable bonds is 4. The van der Waals surface area contributed by atoms with Gasteiger partial charge in [0.2, 0.25) is 10.0 Å². The Morgan fingerprint density at radius 2 is 2.00 bits per heavy atom. The minimum Gasteiger partial charge on any atom is -0.392 e. The molecule has 116 valence electrons. The van der Waals surface area contributed by atoms with Gasteiger partial charge in [-0.3, -0.25) is 9.88 Å². The summed E-state index contributed by atoms with van der Waals surface area (Å²) in [7, 11) is -3.50. The van der Waals surface area contributed by atoms with Crippen molar-refractivity contribution >= 4 is 43.2 Å². The minimum absolute atomic E-state index is 0.0163. The van der Waals surface area contributed by atoms with Crippen LogP contribution in [0.15, 0.2) is 27.8 Å². The fraction of sp³-hybridized carbons (Fsp3) is 0.500. The van der Waals surface area contributed by atoms with E-state index < -0.39 is 10.0 Å². The summed E-state index contributed by atoms with van der Waals surface area (Å²) in [5.41, 5.74) is 5.64. The van der Waals surface area contributed by atoms with Crippen LogP contribution in [0.1, 0.15) is 6.92 Å². The third-order valence-corrected chi connectivity index (χ3v) is 6.19. The lowest BCUT2D eigenvalue weighted by Gasteiger charge is -2.36. The van der Waals surface area contributed by atoms with Crippen LogP contribution in [0.4, 0.5) is 0 Å². The molecule has 1 aliphatic rings. The van der Waals surface area contributed by atoms with Gasteiger partial charge in [-0.1, -0.05) is 12.2 Å². The molecule has 0 radical (unpaired) electrons. The van der Waals surface area contributed by atoms with E-state index in [0.717, 1.165) is 0 Å². The number of pyridine rings is 1. The molecule has 1 aliphatic heterocycles. The highest BCUT2D eigenvalue weighted by molar-refractivity contribution is 9.10. The topological polar surface area (TPSA) is 79.5 Å². The normalized spacial score (nSPS) is 19.3. The van der Waals surface area contributed by atoms with Crippen LogP contribution in [-0.2, 0) is 10.0 Å². The Kier molecular flexibility index (Phi) is 5.31. The van der Waals surface area contributed by atoms with E-state index >= 15 is 0 Å². The maximum absolute atomic E-state index is 12.5. The molecule has 1 aromatic rings. The molecule has 1 aromatic heterocycles. The predicted octanol–water partition coefficient (Wildman–Crippen LogP) is 0.825. The fourth-order valence-electron chi connectivity index (χ4n) is 2.19. The van der Waals surface area contributed by atoms with Gasteiger partial charge in [0.05, 0.1) is 11.0 Å². The van der Waals surface area contributed by atoms with Crippen LogP contribution in [-0.4, -0.2) is 59.8 Å². The number of aromatic nitrogens is 1. The van der Waals surface area contributed by atoms with Crippen molar-refractivity contribution < 1.29 is 8.42 Å². The molecule has 1 atom stereocenters. The van der Waals surface area contributed by atoms with Gasteiger partial charge < -0.3 is 5.73 Å². The molecule has 6 nitrogen and oxygen atoms in total. The van der Waals surface area contributed by atoms with Crippen LogP contribution >= 0.6 is 28.1 Å². The molecule has 1 unspecified atom stereocenters. The molecule has 0 spiro atoms. The molecule has 0 amide bonds. The van der Waals surface area contributed by atoms with Crippen molar-refractivity contribution in [3.8, 4) is 0 Å². The highest BCUT2D eigenvalue weighted by Gasteiger charge is 2.30. The van der Waals surface area contributed by atoms with Crippen LogP contribution < -0.4 is 5.73 Å². The predicted molar refractivity (Wildman–Crippen MR) is 88.5 cm³/mol. The van der Waals surface area contributed by atoms with Crippen LogP contribution in [0.5, 0.6) is 0 Å². The second-order valence-electron chi connectivity index (χ2n) is 4.86. The van der Waals surface area contributed by atoms with Gasteiger partial charge in [0.1, 0.15) is 4.90 Å². The summed E-state index contributed by atoms with van der Waals surface area (Å²) in [5, 5.41) is 0. The summed E-state index contributed by atoms with van der Waals surface area (Å²) >= 11 is 8.22. The van der Waals surface area contributed by atoms with E-state index in [-0.39, 0.29) is 10.9 Å². The van der Waals surface area contributed by atoms with Gasteiger partial charge >= 0.3 is 0 Å². The van der Waals surface area contributed by atoms with Crippen molar-refractivity contribution in [3.63, 3.8) is 0 Å². The molecule has 0 bridgehead atoms. The Labute approximate surface area is 138 Å². The molecular weight excluding hydrogens is 376 g/mol. The lowest BCUT2D eigenvalue weighted by Crippen LogP contribution is -2.53. The molecule has 2 heterocycles. The number of hydrogen-bond donors (Lipinski definition) is 1. The van der Waals surface area contributed by atoms with E-state index in [4.69, 9.17) is 18.0 Å². The van der Waals surface area contributed by atoms with Gasteiger partial charge in [-0.2, -0.15) is 4.31 Å². The lowest BCUT2D eigenvalue weighted by atomic mass is 10.2. The smallest absolute Gasteiger partial charge is 0.244 e. The zero-order chi connectivity index (χ0) is 15.6. The summed E-state index contributed by atoms with van der Waals surface area (Å²) in [4.78, 5) is 6.64. The second kappa shape index (κ2) is 6.66. The van der Waals surface area contributed by atoms with E-state index in [9.17, 15) is 8.42 Å². The molecule has 1 saturated heterocycles. The Morgan fingerprint density at radius 3 is 2.52 bits per heavy atom. The largest absolute Gasteiger partial charge is 0.392 e. The number of hydrogen-bond acceptors (Lipinski definition) is 5. The summed E-state index contributed by atoms with van der Waals surface area (Å²) in [5.74, 6) is 0. The first-order valence-electron chi connectivity index (χ1n) is 6.46. The fourth-order valence-corrected chi connectivity index (χ4v) is 4.27. The van der Waals surface area contributed by atoms with Gasteiger partial charge in [0, 0.05) is 43.0 Å². The Balaban J connectivity index is 2.09. The standard InChI is InChI=1S/C12H17BrN4O2S2/c1-9(12(14)20)16-2-4-17(5-3-16)21(18,19)11-6-10(13)7-15-8-11/h6-9H,2-5H2,1H3,(H2,14,20). The number of piperazine rings is 1. The molecule has 2 N–H and O–H groups in total. The van der Waals surface area contributed by atoms with Crippen LogP contribution in [0.2, 0.25) is 0 Å². The van der Waals surface area contributed by atoms with E-state index in [1.807, 2.05) is 6.92 Å². The first-order chi connectivity index (χ1) is 9.82. The summed E-state index contributed by atoms with van der Waals surface area (Å²) in [6.07, 6.45) is 2.92. The first-order valence-corrected chi connectivity index (χ1v) is 9.10. The first kappa shape index (κ1) is 16.8. The summed E-state index contributed by atoms with van der Waals surface area (Å²) in [6, 6.07) is 1.55. The number of sulfonamides is 1. The molecule has 2 rings (SSSR count). The Bertz CT molecular complexity index is 630. The zero-order valence-corrected chi connectivity index (χ0v) is 14.8. The van der Waals surface area contributed by atoms with Crippen molar-refractivity contribution in [1.29, 1.82) is 0 Å². The molecule has 0 aliphatic carbocycles. The van der Waals surface area contributed by atoms with E-state index in [1.165, 1.54) is 10.5 Å². The Morgan fingerprint density at radius 1 is 1.38 bits per heavy atom. The molecule has 9 heteroatoms. The van der Waals surface area contributed by atoms with Crippen molar-refractivity contribution in [2.24, 2.45) is 5.73 Å². The van der Waals surface area contributed by atoms with E-state index in [0.29, 0.717) is 35.6 Å². The van der Waals surface area contributed by atoms with Crippen LogP contribution in [0.3, 0.4) is 0 Å². The third-order valence-electron chi connectivity index (χ3n) is 3.55. The average molecular weight is 393 g/mol. The van der Waals surface area contributed by atoms with Gasteiger partial charge in [-0.25, -0.2) is 8.42 Å². The highest BCUT2D eigenvalue weighted by Crippen LogP contribution is 2.20. The molecule has 0 aromatic carbocycles. The van der Waals surface area contributed by atoms with Gasteiger partial charge in [-0.15, -0.1) is 0 Å². The molecule has 21 heavy (non-hydrogen) atoms. The number of thiocarbonyl (C=S) groups is 1. The monoisotopic (exact) mass is 392 g/mol. The lowest BCUT2D eigenvalue weighted by molar-refractivity contribution is 0.175. The Hall–Kier alpha value is -0.610.